The van der Waals surface area contributed by atoms with Crippen molar-refractivity contribution in [1.29, 1.82) is 0 Å². The number of carbonyl (C=O) groups is 1. The molecule has 0 aromatic carbocycles. The van der Waals surface area contributed by atoms with Crippen LogP contribution in [0.25, 0.3) is 0 Å². The van der Waals surface area contributed by atoms with E-state index >= 15 is 0 Å². The van der Waals surface area contributed by atoms with Gasteiger partial charge in [0.1, 0.15) is 12.4 Å². The fourth-order valence-corrected chi connectivity index (χ4v) is 3.31. The van der Waals surface area contributed by atoms with E-state index < -0.39 is 0 Å². The van der Waals surface area contributed by atoms with Crippen LogP contribution >= 0.6 is 0 Å². The maximum absolute atomic E-state index is 12.1. The van der Waals surface area contributed by atoms with Crippen LogP contribution < -0.4 is 10.2 Å². The van der Waals surface area contributed by atoms with Gasteiger partial charge >= 0.3 is 0 Å². The molecule has 1 aliphatic rings. The van der Waals surface area contributed by atoms with Crippen LogP contribution in [0.1, 0.15) is 37.6 Å². The lowest BCUT2D eigenvalue weighted by atomic mass is 9.97. The lowest BCUT2D eigenvalue weighted by Crippen LogP contribution is -2.40. The highest BCUT2D eigenvalue weighted by atomic mass is 16.1. The fraction of sp³-hybridized carbons (Fsp3) is 0.579. The Morgan fingerprint density at radius 3 is 2.58 bits per heavy atom. The van der Waals surface area contributed by atoms with Crippen molar-refractivity contribution in [2.75, 3.05) is 24.5 Å². The van der Waals surface area contributed by atoms with E-state index in [9.17, 15) is 4.79 Å². The maximum atomic E-state index is 12.1. The smallest absolute Gasteiger partial charge is 0.239 e. The molecule has 0 unspecified atom stereocenters. The van der Waals surface area contributed by atoms with Crippen molar-refractivity contribution >= 4 is 11.9 Å². The molecular formula is C19H28N6O. The minimum atomic E-state index is 0.0448. The Morgan fingerprint density at radius 2 is 1.96 bits per heavy atom. The van der Waals surface area contributed by atoms with Crippen LogP contribution in [0.4, 0.5) is 5.95 Å². The van der Waals surface area contributed by atoms with Gasteiger partial charge in [0.15, 0.2) is 0 Å². The van der Waals surface area contributed by atoms with Gasteiger partial charge < -0.3 is 14.8 Å². The quantitative estimate of drug-likeness (QED) is 0.821. The van der Waals surface area contributed by atoms with E-state index in [1.807, 2.05) is 30.1 Å². The summed E-state index contributed by atoms with van der Waals surface area (Å²) in [5.41, 5.74) is 1.20. The number of carbonyl (C=O) groups excluding carboxylic acids is 1. The molecule has 0 spiro atoms. The van der Waals surface area contributed by atoms with Gasteiger partial charge in [0.05, 0.1) is 0 Å². The van der Waals surface area contributed by atoms with E-state index in [2.05, 4.69) is 32.1 Å². The summed E-state index contributed by atoms with van der Waals surface area (Å²) in [6.07, 6.45) is 11.7. The monoisotopic (exact) mass is 356 g/mol. The number of imidazole rings is 1. The molecule has 7 nitrogen and oxygen atoms in total. The van der Waals surface area contributed by atoms with E-state index in [1.165, 1.54) is 5.56 Å². The number of hydrogen-bond acceptors (Lipinski definition) is 5. The molecule has 0 bridgehead atoms. The van der Waals surface area contributed by atoms with Crippen LogP contribution in [0, 0.1) is 12.8 Å². The Bertz CT molecular complexity index is 703. The lowest BCUT2D eigenvalue weighted by molar-refractivity contribution is -0.121. The molecule has 26 heavy (non-hydrogen) atoms. The molecule has 2 aromatic rings. The van der Waals surface area contributed by atoms with E-state index in [0.717, 1.165) is 57.1 Å². The maximum Gasteiger partial charge on any atom is 0.239 e. The Kier molecular flexibility index (Phi) is 6.20. The Balaban J connectivity index is 1.41. The number of rotatable bonds is 7. The van der Waals surface area contributed by atoms with Crippen molar-refractivity contribution in [3.05, 3.63) is 36.2 Å². The highest BCUT2D eigenvalue weighted by molar-refractivity contribution is 5.75. The molecule has 1 N–H and O–H groups in total. The molecule has 1 saturated heterocycles. The minimum absolute atomic E-state index is 0.0448. The van der Waals surface area contributed by atoms with Gasteiger partial charge in [-0.25, -0.2) is 15.0 Å². The third-order valence-electron chi connectivity index (χ3n) is 4.95. The van der Waals surface area contributed by atoms with Crippen LogP contribution in [0.3, 0.4) is 0 Å². The highest BCUT2D eigenvalue weighted by Gasteiger charge is 2.21. The Morgan fingerprint density at radius 1 is 1.23 bits per heavy atom. The number of aryl methyl sites for hydroxylation is 2. The zero-order chi connectivity index (χ0) is 18.4. The van der Waals surface area contributed by atoms with Crippen LogP contribution in [-0.4, -0.2) is 45.1 Å². The van der Waals surface area contributed by atoms with Crippen molar-refractivity contribution in [2.24, 2.45) is 5.92 Å². The topological polar surface area (TPSA) is 75.9 Å². The molecule has 140 valence electrons. The molecule has 0 atom stereocenters. The fourth-order valence-electron chi connectivity index (χ4n) is 3.31. The van der Waals surface area contributed by atoms with Gasteiger partial charge in [-0.1, -0.05) is 13.3 Å². The molecule has 0 saturated carbocycles. The van der Waals surface area contributed by atoms with E-state index in [0.29, 0.717) is 12.5 Å². The largest absolute Gasteiger partial charge is 0.354 e. The first kappa shape index (κ1) is 18.4. The third-order valence-corrected chi connectivity index (χ3v) is 4.95. The molecular weight excluding hydrogens is 328 g/mol. The van der Waals surface area contributed by atoms with Crippen molar-refractivity contribution in [1.82, 2.24) is 24.8 Å². The summed E-state index contributed by atoms with van der Waals surface area (Å²) >= 11 is 0. The van der Waals surface area contributed by atoms with Gasteiger partial charge in [0, 0.05) is 44.4 Å². The first-order valence-corrected chi connectivity index (χ1v) is 9.46. The predicted octanol–water partition coefficient (Wildman–Crippen LogP) is 1.97. The summed E-state index contributed by atoms with van der Waals surface area (Å²) in [6, 6.07) is 0. The Labute approximate surface area is 154 Å². The number of piperidine rings is 1. The van der Waals surface area contributed by atoms with Gasteiger partial charge in [0.25, 0.3) is 0 Å². The van der Waals surface area contributed by atoms with Gasteiger partial charge in [-0.2, -0.15) is 0 Å². The second kappa shape index (κ2) is 8.78. The minimum Gasteiger partial charge on any atom is -0.354 e. The summed E-state index contributed by atoms with van der Waals surface area (Å²) in [7, 11) is 0. The van der Waals surface area contributed by atoms with Gasteiger partial charge in [-0.05, 0) is 37.7 Å². The summed E-state index contributed by atoms with van der Waals surface area (Å²) < 4.78 is 1.86. The molecule has 0 radical (unpaired) electrons. The predicted molar refractivity (Wildman–Crippen MR) is 101 cm³/mol. The first-order valence-electron chi connectivity index (χ1n) is 9.46. The Hall–Kier alpha value is -2.44. The molecule has 1 amide bonds. The summed E-state index contributed by atoms with van der Waals surface area (Å²) in [6.45, 7) is 7.01. The second-order valence-corrected chi connectivity index (χ2v) is 6.98. The highest BCUT2D eigenvalue weighted by Crippen LogP contribution is 2.20. The molecule has 3 rings (SSSR count). The van der Waals surface area contributed by atoms with Gasteiger partial charge in [0.2, 0.25) is 11.9 Å². The third kappa shape index (κ3) is 4.80. The summed E-state index contributed by atoms with van der Waals surface area (Å²) in [4.78, 5) is 27.5. The zero-order valence-corrected chi connectivity index (χ0v) is 15.7. The normalized spacial score (nSPS) is 15.2. The van der Waals surface area contributed by atoms with Crippen LogP contribution in [-0.2, 0) is 17.8 Å². The number of aromatic nitrogens is 4. The number of hydrogen-bond donors (Lipinski definition) is 1. The summed E-state index contributed by atoms with van der Waals surface area (Å²) in [5.74, 6) is 2.24. The molecule has 2 aromatic heterocycles. The standard InChI is InChI=1S/C19H28N6O/c1-3-4-17-12-22-19(23-13-17)24-8-5-16(6-9-24)11-21-18(26)14-25-10-7-20-15(25)2/h7,10,12-13,16H,3-6,8-9,11,14H2,1-2H3,(H,21,26). The molecule has 3 heterocycles. The van der Waals surface area contributed by atoms with Crippen molar-refractivity contribution in [2.45, 2.75) is 46.1 Å². The van der Waals surface area contributed by atoms with Crippen molar-refractivity contribution in [3.63, 3.8) is 0 Å². The van der Waals surface area contributed by atoms with Gasteiger partial charge in [-0.15, -0.1) is 0 Å². The van der Waals surface area contributed by atoms with Crippen LogP contribution in [0.15, 0.2) is 24.8 Å². The second-order valence-electron chi connectivity index (χ2n) is 6.98. The van der Waals surface area contributed by atoms with Crippen molar-refractivity contribution < 1.29 is 4.79 Å². The average Bonchev–Trinajstić information content (AvgIpc) is 3.06. The SMILES string of the molecule is CCCc1cnc(N2CCC(CNC(=O)Cn3ccnc3C)CC2)nc1. The lowest BCUT2D eigenvalue weighted by Gasteiger charge is -2.32. The van der Waals surface area contributed by atoms with Crippen LogP contribution in [0.2, 0.25) is 0 Å². The first-order chi connectivity index (χ1) is 12.7. The molecule has 1 aliphatic heterocycles. The van der Waals surface area contributed by atoms with E-state index in [-0.39, 0.29) is 5.91 Å². The molecule has 1 fully saturated rings. The zero-order valence-electron chi connectivity index (χ0n) is 15.7. The van der Waals surface area contributed by atoms with Gasteiger partial charge in [-0.3, -0.25) is 4.79 Å². The van der Waals surface area contributed by atoms with Crippen molar-refractivity contribution in [3.8, 4) is 0 Å². The number of amides is 1. The van der Waals surface area contributed by atoms with Crippen LogP contribution in [0.5, 0.6) is 0 Å². The number of nitrogens with one attached hydrogen (secondary N) is 1. The summed E-state index contributed by atoms with van der Waals surface area (Å²) in [5, 5.41) is 3.06. The van der Waals surface area contributed by atoms with E-state index in [1.54, 1.807) is 6.20 Å². The average molecular weight is 356 g/mol. The molecule has 7 heteroatoms. The number of nitrogens with zero attached hydrogens (tertiary/aromatic N) is 5. The van der Waals surface area contributed by atoms with E-state index in [4.69, 9.17) is 0 Å². The molecule has 0 aliphatic carbocycles. The number of anilines is 1.